The van der Waals surface area contributed by atoms with E-state index in [2.05, 4.69) is 53.4 Å². The number of likely N-dealkylation sites (N-methyl/N-ethyl adjacent to an activating group) is 1. The standard InChI is InChI=1S/C14H24N4/c1-17(2)14(12-4-6-15-7-5-12)10-13-11-16-8-9-18(13)3/h4-7,13-14,16H,8-11H2,1-3H3. The van der Waals surface area contributed by atoms with Gasteiger partial charge in [0.05, 0.1) is 0 Å². The zero-order valence-electron chi connectivity index (χ0n) is 11.6. The number of aromatic nitrogens is 1. The van der Waals surface area contributed by atoms with Gasteiger partial charge in [0, 0.05) is 44.1 Å². The molecule has 18 heavy (non-hydrogen) atoms. The summed E-state index contributed by atoms with van der Waals surface area (Å²) in [4.78, 5) is 8.88. The lowest BCUT2D eigenvalue weighted by atomic mass is 9.97. The Hall–Kier alpha value is -0.970. The van der Waals surface area contributed by atoms with E-state index in [1.54, 1.807) is 0 Å². The zero-order chi connectivity index (χ0) is 13.0. The summed E-state index contributed by atoms with van der Waals surface area (Å²) in [6.07, 6.45) is 4.92. The summed E-state index contributed by atoms with van der Waals surface area (Å²) in [5, 5.41) is 3.49. The first-order valence-corrected chi connectivity index (χ1v) is 6.66. The Morgan fingerprint density at radius 2 is 2.17 bits per heavy atom. The van der Waals surface area contributed by atoms with Crippen LogP contribution in [-0.4, -0.2) is 61.6 Å². The maximum Gasteiger partial charge on any atom is 0.0358 e. The van der Waals surface area contributed by atoms with Gasteiger partial charge in [0.1, 0.15) is 0 Å². The molecule has 0 bridgehead atoms. The van der Waals surface area contributed by atoms with Gasteiger partial charge in [-0.15, -0.1) is 0 Å². The van der Waals surface area contributed by atoms with Crippen molar-refractivity contribution in [3.05, 3.63) is 30.1 Å². The first kappa shape index (κ1) is 13.5. The predicted molar refractivity (Wildman–Crippen MR) is 74.6 cm³/mol. The highest BCUT2D eigenvalue weighted by Gasteiger charge is 2.24. The number of hydrogen-bond donors (Lipinski definition) is 1. The number of rotatable bonds is 4. The molecule has 0 amide bonds. The van der Waals surface area contributed by atoms with Gasteiger partial charge in [-0.05, 0) is 45.3 Å². The molecule has 0 aromatic carbocycles. The van der Waals surface area contributed by atoms with Crippen molar-refractivity contribution in [2.45, 2.75) is 18.5 Å². The van der Waals surface area contributed by atoms with Gasteiger partial charge in [-0.3, -0.25) is 4.98 Å². The van der Waals surface area contributed by atoms with E-state index in [0.717, 1.165) is 26.1 Å². The molecule has 2 heterocycles. The minimum Gasteiger partial charge on any atom is -0.314 e. The molecule has 1 N–H and O–H groups in total. The van der Waals surface area contributed by atoms with Crippen LogP contribution in [0.3, 0.4) is 0 Å². The summed E-state index contributed by atoms with van der Waals surface area (Å²) in [6.45, 7) is 3.34. The summed E-state index contributed by atoms with van der Waals surface area (Å²) in [7, 11) is 6.54. The van der Waals surface area contributed by atoms with Crippen LogP contribution in [0.15, 0.2) is 24.5 Å². The fraction of sp³-hybridized carbons (Fsp3) is 0.643. The van der Waals surface area contributed by atoms with Gasteiger partial charge < -0.3 is 15.1 Å². The van der Waals surface area contributed by atoms with Gasteiger partial charge in [0.25, 0.3) is 0 Å². The first-order chi connectivity index (χ1) is 8.68. The van der Waals surface area contributed by atoms with Crippen LogP contribution in [0.4, 0.5) is 0 Å². The largest absolute Gasteiger partial charge is 0.314 e. The van der Waals surface area contributed by atoms with Crippen LogP contribution in [0.2, 0.25) is 0 Å². The summed E-state index contributed by atoms with van der Waals surface area (Å²) in [6, 6.07) is 5.32. The van der Waals surface area contributed by atoms with Crippen molar-refractivity contribution >= 4 is 0 Å². The first-order valence-electron chi connectivity index (χ1n) is 6.66. The van der Waals surface area contributed by atoms with Crippen LogP contribution in [0, 0.1) is 0 Å². The highest BCUT2D eigenvalue weighted by atomic mass is 15.2. The molecule has 2 unspecified atom stereocenters. The molecule has 1 aromatic rings. The Balaban J connectivity index is 2.07. The summed E-state index contributed by atoms with van der Waals surface area (Å²) >= 11 is 0. The van der Waals surface area contributed by atoms with E-state index < -0.39 is 0 Å². The number of pyridine rings is 1. The van der Waals surface area contributed by atoms with E-state index in [4.69, 9.17) is 0 Å². The highest BCUT2D eigenvalue weighted by molar-refractivity contribution is 5.15. The molecule has 0 spiro atoms. The zero-order valence-corrected chi connectivity index (χ0v) is 11.6. The molecule has 1 aliphatic rings. The molecule has 1 fully saturated rings. The number of piperazine rings is 1. The Morgan fingerprint density at radius 1 is 1.44 bits per heavy atom. The minimum absolute atomic E-state index is 0.459. The van der Waals surface area contributed by atoms with Crippen LogP contribution in [0.1, 0.15) is 18.0 Å². The Morgan fingerprint density at radius 3 is 2.78 bits per heavy atom. The van der Waals surface area contributed by atoms with Crippen LogP contribution in [0.5, 0.6) is 0 Å². The quantitative estimate of drug-likeness (QED) is 0.860. The van der Waals surface area contributed by atoms with E-state index in [9.17, 15) is 0 Å². The van der Waals surface area contributed by atoms with Gasteiger partial charge in [0.15, 0.2) is 0 Å². The topological polar surface area (TPSA) is 31.4 Å². The lowest BCUT2D eigenvalue weighted by molar-refractivity contribution is 0.149. The third-order valence-corrected chi connectivity index (χ3v) is 3.85. The van der Waals surface area contributed by atoms with E-state index >= 15 is 0 Å². The Labute approximate surface area is 110 Å². The molecule has 100 valence electrons. The van der Waals surface area contributed by atoms with Crippen molar-refractivity contribution in [1.82, 2.24) is 20.1 Å². The third-order valence-electron chi connectivity index (χ3n) is 3.85. The SMILES string of the molecule is CN(C)C(CC1CNCCN1C)c1ccncc1. The Bertz CT molecular complexity index is 352. The van der Waals surface area contributed by atoms with Crippen molar-refractivity contribution in [2.75, 3.05) is 40.8 Å². The second kappa shape index (κ2) is 6.27. The molecule has 2 atom stereocenters. The van der Waals surface area contributed by atoms with Crippen LogP contribution < -0.4 is 5.32 Å². The molecule has 0 radical (unpaired) electrons. The second-order valence-electron chi connectivity index (χ2n) is 5.33. The fourth-order valence-corrected chi connectivity index (χ4v) is 2.61. The van der Waals surface area contributed by atoms with Gasteiger partial charge in [-0.25, -0.2) is 0 Å². The summed E-state index contributed by atoms with van der Waals surface area (Å²) in [5.74, 6) is 0. The minimum atomic E-state index is 0.459. The average Bonchev–Trinajstić information content (AvgIpc) is 2.38. The summed E-state index contributed by atoms with van der Waals surface area (Å²) in [5.41, 5.74) is 1.36. The molecular formula is C14H24N4. The molecule has 2 rings (SSSR count). The number of nitrogens with zero attached hydrogens (tertiary/aromatic N) is 3. The smallest absolute Gasteiger partial charge is 0.0358 e. The molecule has 0 aliphatic carbocycles. The number of hydrogen-bond acceptors (Lipinski definition) is 4. The van der Waals surface area contributed by atoms with Gasteiger partial charge >= 0.3 is 0 Å². The molecule has 0 saturated carbocycles. The molecule has 4 heteroatoms. The molecular weight excluding hydrogens is 224 g/mol. The average molecular weight is 248 g/mol. The van der Waals surface area contributed by atoms with Crippen molar-refractivity contribution in [2.24, 2.45) is 0 Å². The van der Waals surface area contributed by atoms with Crippen LogP contribution in [0.25, 0.3) is 0 Å². The predicted octanol–water partition coefficient (Wildman–Crippen LogP) is 0.978. The summed E-state index contributed by atoms with van der Waals surface area (Å²) < 4.78 is 0. The maximum atomic E-state index is 4.11. The van der Waals surface area contributed by atoms with Crippen LogP contribution in [-0.2, 0) is 0 Å². The van der Waals surface area contributed by atoms with E-state index in [1.165, 1.54) is 5.56 Å². The van der Waals surface area contributed by atoms with Gasteiger partial charge in [-0.2, -0.15) is 0 Å². The monoisotopic (exact) mass is 248 g/mol. The number of nitrogens with one attached hydrogen (secondary N) is 1. The van der Waals surface area contributed by atoms with Crippen molar-refractivity contribution in [1.29, 1.82) is 0 Å². The Kier molecular flexibility index (Phi) is 4.69. The fourth-order valence-electron chi connectivity index (χ4n) is 2.61. The van der Waals surface area contributed by atoms with Crippen molar-refractivity contribution in [3.63, 3.8) is 0 Å². The van der Waals surface area contributed by atoms with Crippen molar-refractivity contribution in [3.8, 4) is 0 Å². The van der Waals surface area contributed by atoms with E-state index in [-0.39, 0.29) is 0 Å². The lowest BCUT2D eigenvalue weighted by Crippen LogP contribution is -2.50. The van der Waals surface area contributed by atoms with Crippen molar-refractivity contribution < 1.29 is 0 Å². The highest BCUT2D eigenvalue weighted by Crippen LogP contribution is 2.24. The normalized spacial score (nSPS) is 23.2. The lowest BCUT2D eigenvalue weighted by Gasteiger charge is -2.37. The molecule has 1 saturated heterocycles. The maximum absolute atomic E-state index is 4.11. The van der Waals surface area contributed by atoms with Crippen LogP contribution >= 0.6 is 0 Å². The van der Waals surface area contributed by atoms with Gasteiger partial charge in [0.2, 0.25) is 0 Å². The van der Waals surface area contributed by atoms with E-state index in [0.29, 0.717) is 12.1 Å². The van der Waals surface area contributed by atoms with E-state index in [1.807, 2.05) is 12.4 Å². The van der Waals surface area contributed by atoms with Gasteiger partial charge in [-0.1, -0.05) is 0 Å². The second-order valence-corrected chi connectivity index (χ2v) is 5.33. The molecule has 1 aliphatic heterocycles. The molecule has 4 nitrogen and oxygen atoms in total. The third kappa shape index (κ3) is 3.28. The molecule has 1 aromatic heterocycles.